The maximum absolute atomic E-state index is 13.8. The van der Waals surface area contributed by atoms with Crippen molar-refractivity contribution in [3.63, 3.8) is 0 Å². The molecule has 214 valence electrons. The zero-order chi connectivity index (χ0) is 28.9. The van der Waals surface area contributed by atoms with Crippen molar-refractivity contribution in [1.29, 1.82) is 0 Å². The van der Waals surface area contributed by atoms with Crippen LogP contribution in [0.1, 0.15) is 44.7 Å². The molecule has 2 aromatic carbocycles. The van der Waals surface area contributed by atoms with Crippen LogP contribution >= 0.6 is 23.2 Å². The molecule has 1 saturated heterocycles. The van der Waals surface area contributed by atoms with E-state index < -0.39 is 12.1 Å². The van der Waals surface area contributed by atoms with Gasteiger partial charge in [-0.15, -0.1) is 0 Å². The number of rotatable bonds is 8. The monoisotopic (exact) mass is 581 g/mol. The first-order chi connectivity index (χ1) is 18.7. The number of nitrogens with zero attached hydrogens (tertiary/aromatic N) is 3. The molecule has 11 heteroatoms. The van der Waals surface area contributed by atoms with Crippen molar-refractivity contribution in [1.82, 2.24) is 25.3 Å². The quantitative estimate of drug-likeness (QED) is 0.465. The molecule has 2 aromatic rings. The maximum atomic E-state index is 13.8. The summed E-state index contributed by atoms with van der Waals surface area (Å²) in [6, 6.07) is 9.70. The van der Waals surface area contributed by atoms with Gasteiger partial charge in [0.05, 0.1) is 13.2 Å². The van der Waals surface area contributed by atoms with Crippen molar-refractivity contribution < 1.29 is 18.8 Å². The SMILES string of the molecule is CC.CCC[C@H]1C(=O)N(Cc2ccc(Cl)cc2Cl)CCN(C)CC(=O)N1CNC(=O)NCc1ccc(F)cc1. The Balaban J connectivity index is 0.00000260. The van der Waals surface area contributed by atoms with Crippen LogP contribution in [0.2, 0.25) is 10.0 Å². The van der Waals surface area contributed by atoms with Crippen LogP contribution in [-0.2, 0) is 22.7 Å². The number of likely N-dealkylation sites (N-methyl/N-ethyl adjacent to an activating group) is 1. The van der Waals surface area contributed by atoms with Crippen molar-refractivity contribution in [3.8, 4) is 0 Å². The molecule has 3 rings (SSSR count). The Morgan fingerprint density at radius 2 is 1.74 bits per heavy atom. The molecule has 39 heavy (non-hydrogen) atoms. The average molecular weight is 583 g/mol. The van der Waals surface area contributed by atoms with Gasteiger partial charge in [-0.3, -0.25) is 14.5 Å². The van der Waals surface area contributed by atoms with Gasteiger partial charge < -0.3 is 20.4 Å². The number of benzene rings is 2. The van der Waals surface area contributed by atoms with Crippen LogP contribution in [0.4, 0.5) is 9.18 Å². The highest BCUT2D eigenvalue weighted by Crippen LogP contribution is 2.24. The molecule has 0 bridgehead atoms. The zero-order valence-corrected chi connectivity index (χ0v) is 24.5. The lowest BCUT2D eigenvalue weighted by atomic mass is 10.1. The van der Waals surface area contributed by atoms with Gasteiger partial charge in [-0.25, -0.2) is 9.18 Å². The van der Waals surface area contributed by atoms with Crippen molar-refractivity contribution >= 4 is 41.0 Å². The van der Waals surface area contributed by atoms with Crippen molar-refractivity contribution in [2.45, 2.75) is 52.7 Å². The van der Waals surface area contributed by atoms with E-state index in [2.05, 4.69) is 10.6 Å². The summed E-state index contributed by atoms with van der Waals surface area (Å²) in [6.45, 7) is 7.31. The third-order valence-electron chi connectivity index (χ3n) is 6.16. The topological polar surface area (TPSA) is 85.0 Å². The van der Waals surface area contributed by atoms with Crippen LogP contribution in [0, 0.1) is 5.82 Å². The lowest BCUT2D eigenvalue weighted by Gasteiger charge is -2.34. The molecule has 0 aliphatic carbocycles. The van der Waals surface area contributed by atoms with Gasteiger partial charge >= 0.3 is 6.03 Å². The largest absolute Gasteiger partial charge is 0.335 e. The Kier molecular flexibility index (Phi) is 13.5. The van der Waals surface area contributed by atoms with Crippen LogP contribution in [0.3, 0.4) is 0 Å². The number of hydrogen-bond acceptors (Lipinski definition) is 4. The van der Waals surface area contributed by atoms with Gasteiger partial charge in [0.2, 0.25) is 11.8 Å². The van der Waals surface area contributed by atoms with Gasteiger partial charge in [0.15, 0.2) is 0 Å². The van der Waals surface area contributed by atoms with E-state index in [0.29, 0.717) is 36.0 Å². The van der Waals surface area contributed by atoms with Crippen molar-refractivity contribution in [2.75, 3.05) is 33.4 Å². The van der Waals surface area contributed by atoms with Crippen molar-refractivity contribution in [3.05, 3.63) is 69.5 Å². The summed E-state index contributed by atoms with van der Waals surface area (Å²) in [5, 5.41) is 6.36. The predicted octanol–water partition coefficient (Wildman–Crippen LogP) is 4.89. The molecular weight excluding hydrogens is 544 g/mol. The summed E-state index contributed by atoms with van der Waals surface area (Å²) in [7, 11) is 1.82. The van der Waals surface area contributed by atoms with Gasteiger partial charge in [0.1, 0.15) is 11.9 Å². The van der Waals surface area contributed by atoms with Gasteiger partial charge in [-0.1, -0.05) is 68.6 Å². The Labute approximate surface area is 240 Å². The highest BCUT2D eigenvalue weighted by Gasteiger charge is 2.34. The third kappa shape index (κ3) is 9.98. The smallest absolute Gasteiger partial charge is 0.316 e. The molecule has 0 spiro atoms. The Morgan fingerprint density at radius 3 is 2.38 bits per heavy atom. The second kappa shape index (κ2) is 16.3. The summed E-state index contributed by atoms with van der Waals surface area (Å²) in [5.41, 5.74) is 1.49. The van der Waals surface area contributed by atoms with Crippen LogP contribution < -0.4 is 10.6 Å². The molecule has 0 radical (unpaired) electrons. The fourth-order valence-electron chi connectivity index (χ4n) is 4.09. The van der Waals surface area contributed by atoms with E-state index in [4.69, 9.17) is 23.2 Å². The summed E-state index contributed by atoms with van der Waals surface area (Å²) in [5.74, 6) is -0.812. The summed E-state index contributed by atoms with van der Waals surface area (Å²) < 4.78 is 13.1. The number of amides is 4. The van der Waals surface area contributed by atoms with Crippen LogP contribution in [0.5, 0.6) is 0 Å². The minimum absolute atomic E-state index is 0.113. The standard InChI is InChI=1S/C26H32Cl2FN5O3.C2H6/c1-3-4-23-25(36)33(15-19-7-8-20(27)13-22(19)28)12-11-32(2)16-24(35)34(23)17-31-26(37)30-14-18-5-9-21(29)10-6-18;1-2/h5-10,13,23H,3-4,11-12,14-17H2,1-2H3,(H2,30,31,37);1-2H3/t23-;/m0./s1. The Morgan fingerprint density at radius 1 is 1.05 bits per heavy atom. The molecule has 1 atom stereocenters. The second-order valence-electron chi connectivity index (χ2n) is 9.05. The molecule has 1 aliphatic rings. The van der Waals surface area contributed by atoms with Crippen LogP contribution in [-0.4, -0.2) is 71.9 Å². The molecule has 0 aromatic heterocycles. The number of hydrogen-bond donors (Lipinski definition) is 2. The normalized spacial score (nSPS) is 16.5. The van der Waals surface area contributed by atoms with Gasteiger partial charge in [0.25, 0.3) is 0 Å². The number of urea groups is 1. The lowest BCUT2D eigenvalue weighted by molar-refractivity contribution is -0.145. The lowest BCUT2D eigenvalue weighted by Crippen LogP contribution is -2.55. The fourth-order valence-corrected chi connectivity index (χ4v) is 4.56. The Bertz CT molecular complexity index is 1100. The van der Waals surface area contributed by atoms with Gasteiger partial charge in [-0.05, 0) is 48.9 Å². The van der Waals surface area contributed by atoms with Gasteiger partial charge in [0, 0.05) is 36.2 Å². The minimum atomic E-state index is -0.743. The first-order valence-corrected chi connectivity index (χ1v) is 13.9. The van der Waals surface area contributed by atoms with E-state index in [0.717, 1.165) is 11.1 Å². The maximum Gasteiger partial charge on any atom is 0.316 e. The molecular formula is C28H38Cl2FN5O3. The predicted molar refractivity (Wildman–Crippen MR) is 153 cm³/mol. The van der Waals surface area contributed by atoms with E-state index in [1.165, 1.54) is 17.0 Å². The fraction of sp³-hybridized carbons (Fsp3) is 0.464. The average Bonchev–Trinajstić information content (AvgIpc) is 2.95. The van der Waals surface area contributed by atoms with Gasteiger partial charge in [-0.2, -0.15) is 0 Å². The minimum Gasteiger partial charge on any atom is -0.335 e. The molecule has 2 N–H and O–H groups in total. The summed E-state index contributed by atoms with van der Waals surface area (Å²) in [4.78, 5) is 44.4. The molecule has 0 unspecified atom stereocenters. The molecule has 1 aliphatic heterocycles. The van der Waals surface area contributed by atoms with Crippen molar-refractivity contribution in [2.24, 2.45) is 0 Å². The van der Waals surface area contributed by atoms with E-state index in [1.54, 1.807) is 35.2 Å². The highest BCUT2D eigenvalue weighted by atomic mass is 35.5. The molecule has 0 saturated carbocycles. The molecule has 8 nitrogen and oxygen atoms in total. The molecule has 4 amide bonds. The van der Waals surface area contributed by atoms with E-state index >= 15 is 0 Å². The van der Waals surface area contributed by atoms with Crippen LogP contribution in [0.15, 0.2) is 42.5 Å². The molecule has 1 fully saturated rings. The van der Waals surface area contributed by atoms with E-state index in [9.17, 15) is 18.8 Å². The third-order valence-corrected chi connectivity index (χ3v) is 6.75. The number of carbonyl (C=O) groups is 3. The van der Waals surface area contributed by atoms with Crippen LogP contribution in [0.25, 0.3) is 0 Å². The molecule has 1 heterocycles. The van der Waals surface area contributed by atoms with E-state index in [1.807, 2.05) is 32.7 Å². The first-order valence-electron chi connectivity index (χ1n) is 13.1. The number of carbonyl (C=O) groups excluding carboxylic acids is 3. The summed E-state index contributed by atoms with van der Waals surface area (Å²) >= 11 is 12.4. The summed E-state index contributed by atoms with van der Waals surface area (Å²) in [6.07, 6.45) is 1.11. The zero-order valence-electron chi connectivity index (χ0n) is 23.0. The first kappa shape index (κ1) is 32.3. The number of halogens is 3. The number of nitrogens with one attached hydrogen (secondary N) is 2. The van der Waals surface area contributed by atoms with E-state index in [-0.39, 0.29) is 43.9 Å². The highest BCUT2D eigenvalue weighted by molar-refractivity contribution is 6.35. The second-order valence-corrected chi connectivity index (χ2v) is 9.89. The Hall–Kier alpha value is -2.88.